The molecule has 0 unspecified atom stereocenters. The second-order valence-electron chi connectivity index (χ2n) is 5.94. The summed E-state index contributed by atoms with van der Waals surface area (Å²) in [6.45, 7) is 0. The lowest BCUT2D eigenvalue weighted by Gasteiger charge is -2.01. The molecule has 2 N–H and O–H groups in total. The molecule has 3 aromatic carbocycles. The molecule has 0 saturated heterocycles. The van der Waals surface area contributed by atoms with Crippen LogP contribution in [-0.2, 0) is 0 Å². The molecule has 0 aliphatic heterocycles. The topological polar surface area (TPSA) is 78.8 Å². The van der Waals surface area contributed by atoms with Crippen LogP contribution >= 0.6 is 0 Å². The van der Waals surface area contributed by atoms with Gasteiger partial charge in [-0.2, -0.15) is 10.1 Å². The van der Waals surface area contributed by atoms with Gasteiger partial charge in [0, 0.05) is 16.5 Å². The molecule has 2 heterocycles. The zero-order chi connectivity index (χ0) is 17.3. The number of hydrogen-bond acceptors (Lipinski definition) is 5. The van der Waals surface area contributed by atoms with Crippen LogP contribution in [0.4, 0.5) is 5.95 Å². The Hall–Kier alpha value is -3.80. The summed E-state index contributed by atoms with van der Waals surface area (Å²) in [7, 11) is 0. The number of rotatable bonds is 3. The lowest BCUT2D eigenvalue weighted by atomic mass is 10.1. The average Bonchev–Trinajstić information content (AvgIpc) is 3.06. The van der Waals surface area contributed by atoms with Gasteiger partial charge >= 0.3 is 0 Å². The molecule has 0 atom stereocenters. The normalized spacial score (nSPS) is 11.7. The third-order valence-corrected chi connectivity index (χ3v) is 4.31. The number of fused-ring (bicyclic) bond motifs is 4. The van der Waals surface area contributed by atoms with Gasteiger partial charge < -0.3 is 4.98 Å². The van der Waals surface area contributed by atoms with Crippen molar-refractivity contribution < 1.29 is 0 Å². The van der Waals surface area contributed by atoms with Crippen LogP contribution < -0.4 is 5.43 Å². The molecule has 0 amide bonds. The van der Waals surface area contributed by atoms with Gasteiger partial charge in [-0.05, 0) is 16.8 Å². The van der Waals surface area contributed by atoms with Crippen LogP contribution in [0.1, 0.15) is 5.56 Å². The lowest BCUT2D eigenvalue weighted by molar-refractivity contribution is 1.01. The van der Waals surface area contributed by atoms with Crippen molar-refractivity contribution in [3.63, 3.8) is 0 Å². The van der Waals surface area contributed by atoms with E-state index < -0.39 is 0 Å². The first-order valence-corrected chi connectivity index (χ1v) is 8.26. The fourth-order valence-corrected chi connectivity index (χ4v) is 3.09. The van der Waals surface area contributed by atoms with Crippen LogP contribution in [0.25, 0.3) is 32.8 Å². The molecular weight excluding hydrogens is 324 g/mol. The Morgan fingerprint density at radius 1 is 0.846 bits per heavy atom. The second-order valence-corrected chi connectivity index (χ2v) is 5.94. The number of nitrogens with one attached hydrogen (secondary N) is 2. The van der Waals surface area contributed by atoms with Crippen LogP contribution in [0.5, 0.6) is 0 Å². The molecule has 0 bridgehead atoms. The van der Waals surface area contributed by atoms with Crippen LogP contribution in [0, 0.1) is 0 Å². The summed E-state index contributed by atoms with van der Waals surface area (Å²) in [5.74, 6) is 0.348. The van der Waals surface area contributed by atoms with Crippen molar-refractivity contribution in [3.8, 4) is 0 Å². The smallest absolute Gasteiger partial charge is 0.265 e. The Balaban J connectivity index is 1.45. The Labute approximate surface area is 148 Å². The van der Waals surface area contributed by atoms with Crippen molar-refractivity contribution in [1.29, 1.82) is 0 Å². The number of hydrazone groups is 1. The number of para-hydroxylation sites is 1. The van der Waals surface area contributed by atoms with Crippen LogP contribution in [0.15, 0.2) is 71.8 Å². The van der Waals surface area contributed by atoms with Gasteiger partial charge in [-0.3, -0.25) is 0 Å². The molecule has 0 saturated carbocycles. The first kappa shape index (κ1) is 14.5. The number of aromatic nitrogens is 4. The van der Waals surface area contributed by atoms with Gasteiger partial charge in [-0.15, -0.1) is 10.2 Å². The van der Waals surface area contributed by atoms with Crippen LogP contribution in [-0.4, -0.2) is 26.4 Å². The van der Waals surface area contributed by atoms with Gasteiger partial charge in [0.1, 0.15) is 5.52 Å². The molecule has 0 aliphatic rings. The van der Waals surface area contributed by atoms with E-state index in [1.54, 1.807) is 6.21 Å². The van der Waals surface area contributed by atoms with Crippen molar-refractivity contribution in [1.82, 2.24) is 20.2 Å². The third-order valence-electron chi connectivity index (χ3n) is 4.31. The standard InChI is InChI=1S/C20H14N6/c1-2-9-15-13(6-1)7-5-8-14(15)12-21-25-20-23-19-18(24-26-20)16-10-3-4-11-17(16)22-19/h1-12H,(H2,22,23,25,26)/b21-12+. The number of anilines is 1. The number of hydrogen-bond donors (Lipinski definition) is 2. The molecule has 124 valence electrons. The lowest BCUT2D eigenvalue weighted by Crippen LogP contribution is -1.99. The van der Waals surface area contributed by atoms with Crippen molar-refractivity contribution in [2.75, 3.05) is 5.43 Å². The number of benzene rings is 3. The molecule has 6 nitrogen and oxygen atoms in total. The molecular formula is C20H14N6. The Morgan fingerprint density at radius 2 is 1.65 bits per heavy atom. The van der Waals surface area contributed by atoms with Gasteiger partial charge in [0.15, 0.2) is 5.65 Å². The molecule has 5 rings (SSSR count). The van der Waals surface area contributed by atoms with E-state index in [2.05, 4.69) is 48.9 Å². The van der Waals surface area contributed by atoms with Crippen LogP contribution in [0.3, 0.4) is 0 Å². The van der Waals surface area contributed by atoms with Crippen molar-refractivity contribution in [2.24, 2.45) is 5.10 Å². The SMILES string of the molecule is C(=N\Nc1nnc2c(n1)[nH]c1ccccc12)/c1cccc2ccccc12. The Bertz CT molecular complexity index is 1270. The maximum Gasteiger partial charge on any atom is 0.265 e. The number of H-pyrrole nitrogens is 1. The summed E-state index contributed by atoms with van der Waals surface area (Å²) in [5, 5.41) is 16.0. The summed E-state index contributed by atoms with van der Waals surface area (Å²) in [6.07, 6.45) is 1.76. The molecule has 26 heavy (non-hydrogen) atoms. The average molecular weight is 338 g/mol. The van der Waals surface area contributed by atoms with Crippen LogP contribution in [0.2, 0.25) is 0 Å². The van der Waals surface area contributed by atoms with E-state index >= 15 is 0 Å². The van der Waals surface area contributed by atoms with E-state index in [4.69, 9.17) is 0 Å². The van der Waals surface area contributed by atoms with E-state index in [9.17, 15) is 0 Å². The molecule has 0 fully saturated rings. The minimum absolute atomic E-state index is 0.348. The summed E-state index contributed by atoms with van der Waals surface area (Å²) in [4.78, 5) is 7.70. The Morgan fingerprint density at radius 3 is 2.62 bits per heavy atom. The fraction of sp³-hybridized carbons (Fsp3) is 0. The van der Waals surface area contributed by atoms with E-state index in [0.29, 0.717) is 11.6 Å². The highest BCUT2D eigenvalue weighted by Gasteiger charge is 2.07. The summed E-state index contributed by atoms with van der Waals surface area (Å²) in [5.41, 5.74) is 6.31. The maximum absolute atomic E-state index is 4.45. The van der Waals surface area contributed by atoms with E-state index in [1.165, 1.54) is 5.39 Å². The first-order valence-electron chi connectivity index (χ1n) is 8.26. The first-order chi connectivity index (χ1) is 12.9. The highest BCUT2D eigenvalue weighted by atomic mass is 15.4. The molecule has 5 aromatic rings. The minimum Gasteiger partial charge on any atom is -0.338 e. The van der Waals surface area contributed by atoms with Gasteiger partial charge in [0.2, 0.25) is 0 Å². The predicted octanol–water partition coefficient (Wildman–Crippen LogP) is 4.11. The quantitative estimate of drug-likeness (QED) is 0.383. The highest BCUT2D eigenvalue weighted by molar-refractivity contribution is 6.03. The highest BCUT2D eigenvalue weighted by Crippen LogP contribution is 2.22. The number of nitrogens with zero attached hydrogens (tertiary/aromatic N) is 4. The number of aromatic amines is 1. The largest absolute Gasteiger partial charge is 0.338 e. The summed E-state index contributed by atoms with van der Waals surface area (Å²) >= 11 is 0. The fourth-order valence-electron chi connectivity index (χ4n) is 3.09. The Kier molecular flexibility index (Phi) is 3.31. The monoisotopic (exact) mass is 338 g/mol. The molecule has 0 radical (unpaired) electrons. The van der Waals surface area contributed by atoms with E-state index in [1.807, 2.05) is 48.5 Å². The maximum atomic E-state index is 4.45. The summed E-state index contributed by atoms with van der Waals surface area (Å²) < 4.78 is 0. The van der Waals surface area contributed by atoms with Crippen molar-refractivity contribution in [2.45, 2.75) is 0 Å². The second kappa shape index (κ2) is 5.93. The van der Waals surface area contributed by atoms with Gasteiger partial charge in [-0.1, -0.05) is 60.7 Å². The van der Waals surface area contributed by atoms with Crippen molar-refractivity contribution in [3.05, 3.63) is 72.3 Å². The zero-order valence-corrected chi connectivity index (χ0v) is 13.7. The molecule has 6 heteroatoms. The summed E-state index contributed by atoms with van der Waals surface area (Å²) in [6, 6.07) is 22.2. The predicted molar refractivity (Wildman–Crippen MR) is 104 cm³/mol. The third kappa shape index (κ3) is 2.44. The minimum atomic E-state index is 0.348. The van der Waals surface area contributed by atoms with Gasteiger partial charge in [0.25, 0.3) is 5.95 Å². The van der Waals surface area contributed by atoms with Crippen molar-refractivity contribution >= 4 is 45.0 Å². The molecule has 0 aliphatic carbocycles. The van der Waals surface area contributed by atoms with Gasteiger partial charge in [-0.25, -0.2) is 5.43 Å². The molecule has 0 spiro atoms. The van der Waals surface area contributed by atoms with E-state index in [0.717, 1.165) is 27.4 Å². The van der Waals surface area contributed by atoms with Gasteiger partial charge in [0.05, 0.1) is 6.21 Å². The van der Waals surface area contributed by atoms with E-state index in [-0.39, 0.29) is 0 Å². The molecule has 2 aromatic heterocycles. The zero-order valence-electron chi connectivity index (χ0n) is 13.7.